The van der Waals surface area contributed by atoms with Crippen LogP contribution >= 0.6 is 0 Å². The Kier molecular flexibility index (Phi) is 13.8. The van der Waals surface area contributed by atoms with E-state index < -0.39 is 11.9 Å². The lowest BCUT2D eigenvalue weighted by Crippen LogP contribution is -2.23. The van der Waals surface area contributed by atoms with E-state index in [4.69, 9.17) is 0 Å². The first-order valence-electron chi connectivity index (χ1n) is 14.5. The number of aromatic carboxylic acids is 2. The van der Waals surface area contributed by atoms with Gasteiger partial charge >= 0.3 is 0 Å². The van der Waals surface area contributed by atoms with Crippen molar-refractivity contribution >= 4 is 24.1 Å². The molecule has 4 nitrogen and oxygen atoms in total. The molecular formula is C40H42O4-2. The number of carbonyl (C=O) groups excluding carboxylic acids is 2. The van der Waals surface area contributed by atoms with Gasteiger partial charge in [-0.2, -0.15) is 0 Å². The highest BCUT2D eigenvalue weighted by atomic mass is 16.4. The zero-order valence-corrected chi connectivity index (χ0v) is 27.0. The van der Waals surface area contributed by atoms with Crippen LogP contribution in [0.5, 0.6) is 0 Å². The van der Waals surface area contributed by atoms with Crippen molar-refractivity contribution in [3.63, 3.8) is 0 Å². The summed E-state index contributed by atoms with van der Waals surface area (Å²) >= 11 is 0. The summed E-state index contributed by atoms with van der Waals surface area (Å²) in [6.07, 6.45) is 28.3. The van der Waals surface area contributed by atoms with E-state index in [9.17, 15) is 19.8 Å². The van der Waals surface area contributed by atoms with Crippen molar-refractivity contribution in [1.82, 2.24) is 0 Å². The maximum atomic E-state index is 11.2. The second kappa shape index (κ2) is 17.2. The van der Waals surface area contributed by atoms with Gasteiger partial charge in [-0.05, 0) is 88.8 Å². The van der Waals surface area contributed by atoms with E-state index in [-0.39, 0.29) is 11.1 Å². The van der Waals surface area contributed by atoms with Gasteiger partial charge in [0.1, 0.15) is 0 Å². The molecule has 0 fully saturated rings. The van der Waals surface area contributed by atoms with Crippen molar-refractivity contribution in [2.45, 2.75) is 55.4 Å². The van der Waals surface area contributed by atoms with Crippen LogP contribution < -0.4 is 10.2 Å². The molecule has 0 aliphatic heterocycles. The van der Waals surface area contributed by atoms with Crippen molar-refractivity contribution in [3.05, 3.63) is 164 Å². The third-order valence-electron chi connectivity index (χ3n) is 7.42. The molecule has 0 aromatic heterocycles. The van der Waals surface area contributed by atoms with Crippen molar-refractivity contribution in [2.75, 3.05) is 0 Å². The molecule has 0 heterocycles. The van der Waals surface area contributed by atoms with Crippen LogP contribution in [0.1, 0.15) is 81.8 Å². The first-order valence-corrected chi connectivity index (χ1v) is 14.5. The molecule has 0 atom stereocenters. The lowest BCUT2D eigenvalue weighted by Gasteiger charge is -2.12. The van der Waals surface area contributed by atoms with E-state index in [0.29, 0.717) is 0 Å². The molecule has 44 heavy (non-hydrogen) atoms. The molecule has 0 spiro atoms. The molecule has 4 heteroatoms. The van der Waals surface area contributed by atoms with Gasteiger partial charge in [-0.15, -0.1) is 0 Å². The van der Waals surface area contributed by atoms with Crippen molar-refractivity contribution < 1.29 is 19.8 Å². The van der Waals surface area contributed by atoms with Gasteiger partial charge in [-0.3, -0.25) is 0 Å². The van der Waals surface area contributed by atoms with Crippen LogP contribution in [0.3, 0.4) is 0 Å². The minimum absolute atomic E-state index is 0.231. The summed E-state index contributed by atoms with van der Waals surface area (Å²) in [5.74, 6) is -2.30. The van der Waals surface area contributed by atoms with Gasteiger partial charge < -0.3 is 19.8 Å². The molecule has 0 N–H and O–H groups in total. The second-order valence-electron chi connectivity index (χ2n) is 10.9. The quantitative estimate of drug-likeness (QED) is 0.238. The standard InChI is InChI=1S/C40H44O4/c1-27(15-11-17-29(3)19-21-35-23-25-37(39(41)42)33(7)31(35)5)13-9-10-14-28(2)16-12-18-30(4)20-22-36-24-26-38(40(43)44)34(8)32(36)6/h9-26H,1-8H3,(H,41,42)(H,43,44)/p-2/b10-9+,15-11+,16-12+,21-19+,22-20+,27-13+,28-14+,29-17+,30-18+. The van der Waals surface area contributed by atoms with Crippen LogP contribution in [0, 0.1) is 27.7 Å². The first-order chi connectivity index (χ1) is 20.8. The molecule has 2 aromatic rings. The number of rotatable bonds is 12. The molecule has 0 unspecified atom stereocenters. The smallest absolute Gasteiger partial charge is 0.0718 e. The Balaban J connectivity index is 1.92. The minimum atomic E-state index is -1.15. The molecule has 0 amide bonds. The number of carboxylic acids is 2. The molecule has 0 aliphatic carbocycles. The zero-order valence-electron chi connectivity index (χ0n) is 27.0. The van der Waals surface area contributed by atoms with Gasteiger partial charge in [0.25, 0.3) is 0 Å². The first kappa shape index (κ1) is 35.2. The number of allylic oxidation sites excluding steroid dienone is 16. The molecule has 228 valence electrons. The van der Waals surface area contributed by atoms with E-state index in [0.717, 1.165) is 55.7 Å². The normalized spacial score (nSPS) is 13.9. The molecule has 0 aliphatic rings. The van der Waals surface area contributed by atoms with Crippen LogP contribution in [0.25, 0.3) is 12.2 Å². The Morgan fingerprint density at radius 3 is 1.14 bits per heavy atom. The summed E-state index contributed by atoms with van der Waals surface area (Å²) in [6.45, 7) is 15.6. The van der Waals surface area contributed by atoms with Gasteiger partial charge in [0.05, 0.1) is 11.9 Å². The third-order valence-corrected chi connectivity index (χ3v) is 7.42. The van der Waals surface area contributed by atoms with Crippen LogP contribution in [-0.2, 0) is 0 Å². The molecule has 0 radical (unpaired) electrons. The van der Waals surface area contributed by atoms with E-state index in [2.05, 4.69) is 0 Å². The monoisotopic (exact) mass is 586 g/mol. The lowest BCUT2D eigenvalue weighted by molar-refractivity contribution is -0.256. The predicted octanol–water partition coefficient (Wildman–Crippen LogP) is 7.83. The Bertz CT molecular complexity index is 1540. The lowest BCUT2D eigenvalue weighted by atomic mass is 9.97. The van der Waals surface area contributed by atoms with Crippen LogP contribution in [-0.4, -0.2) is 11.9 Å². The fraction of sp³-hybridized carbons (Fsp3) is 0.200. The highest BCUT2D eigenvalue weighted by molar-refractivity contribution is 5.89. The van der Waals surface area contributed by atoms with Crippen molar-refractivity contribution in [2.24, 2.45) is 0 Å². The number of hydrogen-bond acceptors (Lipinski definition) is 4. The van der Waals surface area contributed by atoms with Crippen LogP contribution in [0.2, 0.25) is 0 Å². The Morgan fingerprint density at radius 1 is 0.477 bits per heavy atom. The fourth-order valence-electron chi connectivity index (χ4n) is 4.27. The van der Waals surface area contributed by atoms with Gasteiger partial charge in [-0.1, -0.05) is 132 Å². The number of carbonyl (C=O) groups is 2. The number of benzene rings is 2. The molecule has 0 bridgehead atoms. The fourth-order valence-corrected chi connectivity index (χ4v) is 4.27. The summed E-state index contributed by atoms with van der Waals surface area (Å²) in [5, 5.41) is 22.4. The predicted molar refractivity (Wildman–Crippen MR) is 181 cm³/mol. The summed E-state index contributed by atoms with van der Waals surface area (Å²) in [4.78, 5) is 22.4. The van der Waals surface area contributed by atoms with E-state index in [1.165, 1.54) is 0 Å². The number of carboxylic acid groups (broad SMARTS) is 2. The van der Waals surface area contributed by atoms with E-state index in [1.807, 2.05) is 139 Å². The molecule has 0 saturated carbocycles. The average molecular weight is 587 g/mol. The van der Waals surface area contributed by atoms with E-state index in [1.54, 1.807) is 26.0 Å². The Morgan fingerprint density at radius 2 is 0.795 bits per heavy atom. The Hall–Kier alpha value is -4.96. The van der Waals surface area contributed by atoms with Crippen molar-refractivity contribution in [1.29, 1.82) is 0 Å². The second-order valence-corrected chi connectivity index (χ2v) is 10.9. The molecule has 2 rings (SSSR count). The molecule has 0 saturated heterocycles. The summed E-state index contributed by atoms with van der Waals surface area (Å²) in [5.41, 5.74) is 10.1. The van der Waals surface area contributed by atoms with Crippen molar-refractivity contribution in [3.8, 4) is 0 Å². The average Bonchev–Trinajstić information content (AvgIpc) is 2.96. The minimum Gasteiger partial charge on any atom is -0.545 e. The van der Waals surface area contributed by atoms with Gasteiger partial charge in [0.2, 0.25) is 0 Å². The maximum Gasteiger partial charge on any atom is 0.0718 e. The zero-order chi connectivity index (χ0) is 32.8. The van der Waals surface area contributed by atoms with Crippen LogP contribution in [0.15, 0.2) is 119 Å². The number of hydrogen-bond donors (Lipinski definition) is 0. The van der Waals surface area contributed by atoms with Gasteiger partial charge in [-0.25, -0.2) is 0 Å². The summed E-state index contributed by atoms with van der Waals surface area (Å²) in [6, 6.07) is 6.80. The van der Waals surface area contributed by atoms with Gasteiger partial charge in [0, 0.05) is 11.1 Å². The topological polar surface area (TPSA) is 80.3 Å². The summed E-state index contributed by atoms with van der Waals surface area (Å²) in [7, 11) is 0. The third kappa shape index (κ3) is 11.0. The van der Waals surface area contributed by atoms with E-state index >= 15 is 0 Å². The molecular weight excluding hydrogens is 544 g/mol. The van der Waals surface area contributed by atoms with Gasteiger partial charge in [0.15, 0.2) is 0 Å². The highest BCUT2D eigenvalue weighted by Crippen LogP contribution is 2.20. The molecule has 2 aromatic carbocycles. The van der Waals surface area contributed by atoms with Crippen LogP contribution in [0.4, 0.5) is 0 Å². The summed E-state index contributed by atoms with van der Waals surface area (Å²) < 4.78 is 0. The maximum absolute atomic E-state index is 11.2. The SMILES string of the molecule is CC(/C=C/C=C(C)/C=C/c1ccc(C(=O)[O-])c(C)c1C)=C\C=C\C=C(C)\C=C\C=C(C)\C=C\c1ccc(C(=O)[O-])c(C)c1C. The Labute approximate surface area is 262 Å². The highest BCUT2D eigenvalue weighted by Gasteiger charge is 2.06. The largest absolute Gasteiger partial charge is 0.545 e.